The Hall–Kier alpha value is -1.97. The zero-order valence-electron chi connectivity index (χ0n) is 10.8. The maximum absolute atomic E-state index is 11.8. The van der Waals surface area contributed by atoms with Gasteiger partial charge in [-0.2, -0.15) is 0 Å². The Bertz CT molecular complexity index is 512. The Morgan fingerprint density at radius 1 is 1.32 bits per heavy atom. The third kappa shape index (κ3) is 2.18. The van der Waals surface area contributed by atoms with E-state index in [9.17, 15) is 4.79 Å². The van der Waals surface area contributed by atoms with E-state index in [2.05, 4.69) is 6.58 Å². The summed E-state index contributed by atoms with van der Waals surface area (Å²) < 4.78 is 11.1. The maximum Gasteiger partial charge on any atom is 0.246 e. The minimum absolute atomic E-state index is 0.00242. The van der Waals surface area contributed by atoms with Crippen LogP contribution in [0.15, 0.2) is 30.9 Å². The standard InChI is InChI=1S/C15H17NO3/c1-2-15(17)16-7-3-4-12(16)11-5-6-13-14(10-11)19-9-8-18-13/h2,5-6,10,12H,1,3-4,7-9H2. The van der Waals surface area contributed by atoms with Gasteiger partial charge in [-0.25, -0.2) is 0 Å². The number of carbonyl (C=O) groups excluding carboxylic acids is 1. The fraction of sp³-hybridized carbons (Fsp3) is 0.400. The van der Waals surface area contributed by atoms with E-state index < -0.39 is 0 Å². The van der Waals surface area contributed by atoms with Crippen LogP contribution in [0.5, 0.6) is 11.5 Å². The largest absolute Gasteiger partial charge is 0.486 e. The molecule has 0 radical (unpaired) electrons. The average molecular weight is 259 g/mol. The summed E-state index contributed by atoms with van der Waals surface area (Å²) >= 11 is 0. The molecule has 4 nitrogen and oxygen atoms in total. The number of benzene rings is 1. The number of amides is 1. The zero-order valence-corrected chi connectivity index (χ0v) is 10.8. The number of hydrogen-bond donors (Lipinski definition) is 0. The molecule has 4 heteroatoms. The highest BCUT2D eigenvalue weighted by molar-refractivity contribution is 5.87. The molecule has 2 aliphatic heterocycles. The Labute approximate surface area is 112 Å². The molecule has 1 unspecified atom stereocenters. The monoisotopic (exact) mass is 259 g/mol. The fourth-order valence-corrected chi connectivity index (χ4v) is 2.76. The first-order valence-electron chi connectivity index (χ1n) is 6.62. The maximum atomic E-state index is 11.8. The van der Waals surface area contributed by atoms with E-state index in [4.69, 9.17) is 9.47 Å². The number of ether oxygens (including phenoxy) is 2. The summed E-state index contributed by atoms with van der Waals surface area (Å²) in [5.74, 6) is 1.56. The van der Waals surface area contributed by atoms with Crippen LogP contribution < -0.4 is 9.47 Å². The summed E-state index contributed by atoms with van der Waals surface area (Å²) in [6.45, 7) is 5.54. The summed E-state index contributed by atoms with van der Waals surface area (Å²) in [4.78, 5) is 13.7. The molecular formula is C15H17NO3. The SMILES string of the molecule is C=CC(=O)N1CCCC1c1ccc2c(c1)OCCO2. The molecule has 3 rings (SSSR count). The second-order valence-corrected chi connectivity index (χ2v) is 4.80. The fourth-order valence-electron chi connectivity index (χ4n) is 2.76. The van der Waals surface area contributed by atoms with E-state index >= 15 is 0 Å². The lowest BCUT2D eigenvalue weighted by Gasteiger charge is -2.25. The van der Waals surface area contributed by atoms with Crippen molar-refractivity contribution in [1.29, 1.82) is 0 Å². The van der Waals surface area contributed by atoms with Crippen molar-refractivity contribution in [3.63, 3.8) is 0 Å². The quantitative estimate of drug-likeness (QED) is 0.765. The Morgan fingerprint density at radius 3 is 2.89 bits per heavy atom. The molecule has 1 atom stereocenters. The van der Waals surface area contributed by atoms with Gasteiger partial charge in [-0.1, -0.05) is 12.6 Å². The summed E-state index contributed by atoms with van der Waals surface area (Å²) in [5, 5.41) is 0. The molecule has 19 heavy (non-hydrogen) atoms. The molecule has 2 aliphatic rings. The number of rotatable bonds is 2. The van der Waals surface area contributed by atoms with Gasteiger partial charge in [0.25, 0.3) is 0 Å². The number of nitrogens with zero attached hydrogens (tertiary/aromatic N) is 1. The van der Waals surface area contributed by atoms with Gasteiger partial charge in [-0.15, -0.1) is 0 Å². The first-order chi connectivity index (χ1) is 9.29. The van der Waals surface area contributed by atoms with Crippen molar-refractivity contribution >= 4 is 5.91 Å². The van der Waals surface area contributed by atoms with E-state index in [1.807, 2.05) is 23.1 Å². The van der Waals surface area contributed by atoms with Crippen molar-refractivity contribution in [1.82, 2.24) is 4.90 Å². The highest BCUT2D eigenvalue weighted by Gasteiger charge is 2.29. The molecular weight excluding hydrogens is 242 g/mol. The third-order valence-corrected chi connectivity index (χ3v) is 3.66. The van der Waals surface area contributed by atoms with Crippen molar-refractivity contribution in [3.8, 4) is 11.5 Å². The van der Waals surface area contributed by atoms with Gasteiger partial charge >= 0.3 is 0 Å². The molecule has 1 fully saturated rings. The first kappa shape index (κ1) is 12.1. The molecule has 1 aromatic carbocycles. The lowest BCUT2D eigenvalue weighted by molar-refractivity contribution is -0.126. The number of carbonyl (C=O) groups is 1. The van der Waals surface area contributed by atoms with Gasteiger partial charge in [0.15, 0.2) is 11.5 Å². The van der Waals surface area contributed by atoms with Crippen LogP contribution in [-0.2, 0) is 4.79 Å². The second-order valence-electron chi connectivity index (χ2n) is 4.80. The van der Waals surface area contributed by atoms with Crippen molar-refractivity contribution in [2.24, 2.45) is 0 Å². The molecule has 0 bridgehead atoms. The normalized spacial score (nSPS) is 21.3. The summed E-state index contributed by atoms with van der Waals surface area (Å²) in [5.41, 5.74) is 1.11. The molecule has 2 heterocycles. The average Bonchev–Trinajstić information content (AvgIpc) is 2.95. The van der Waals surface area contributed by atoms with Crippen LogP contribution in [0.2, 0.25) is 0 Å². The minimum Gasteiger partial charge on any atom is -0.486 e. The zero-order chi connectivity index (χ0) is 13.2. The van der Waals surface area contributed by atoms with Crippen LogP contribution in [0.1, 0.15) is 24.4 Å². The van der Waals surface area contributed by atoms with Crippen molar-refractivity contribution in [2.45, 2.75) is 18.9 Å². The lowest BCUT2D eigenvalue weighted by Crippen LogP contribution is -2.28. The predicted molar refractivity (Wildman–Crippen MR) is 71.3 cm³/mol. The Balaban J connectivity index is 1.89. The smallest absolute Gasteiger partial charge is 0.246 e. The summed E-state index contributed by atoms with van der Waals surface area (Å²) in [7, 11) is 0. The molecule has 0 saturated carbocycles. The summed E-state index contributed by atoms with van der Waals surface area (Å²) in [6.07, 6.45) is 3.40. The van der Waals surface area contributed by atoms with Gasteiger partial charge in [0.05, 0.1) is 6.04 Å². The van der Waals surface area contributed by atoms with E-state index in [1.165, 1.54) is 6.08 Å². The molecule has 1 amide bonds. The molecule has 1 aromatic rings. The van der Waals surface area contributed by atoms with Crippen molar-refractivity contribution in [2.75, 3.05) is 19.8 Å². The molecule has 1 saturated heterocycles. The molecule has 0 aliphatic carbocycles. The van der Waals surface area contributed by atoms with Crippen LogP contribution in [0.25, 0.3) is 0 Å². The van der Waals surface area contributed by atoms with Crippen LogP contribution in [0.4, 0.5) is 0 Å². The number of fused-ring (bicyclic) bond motifs is 1. The van der Waals surface area contributed by atoms with Crippen LogP contribution in [-0.4, -0.2) is 30.6 Å². The van der Waals surface area contributed by atoms with Crippen LogP contribution in [0.3, 0.4) is 0 Å². The van der Waals surface area contributed by atoms with Crippen molar-refractivity contribution in [3.05, 3.63) is 36.4 Å². The molecule has 0 N–H and O–H groups in total. The van der Waals surface area contributed by atoms with E-state index in [0.29, 0.717) is 13.2 Å². The van der Waals surface area contributed by atoms with Gasteiger partial charge in [-0.3, -0.25) is 4.79 Å². The van der Waals surface area contributed by atoms with Crippen LogP contribution >= 0.6 is 0 Å². The highest BCUT2D eigenvalue weighted by Crippen LogP contribution is 2.38. The van der Waals surface area contributed by atoms with Gasteiger partial charge in [-0.05, 0) is 36.6 Å². The third-order valence-electron chi connectivity index (χ3n) is 3.66. The van der Waals surface area contributed by atoms with Gasteiger partial charge in [0.2, 0.25) is 5.91 Å². The highest BCUT2D eigenvalue weighted by atomic mass is 16.6. The van der Waals surface area contributed by atoms with E-state index in [1.54, 1.807) is 0 Å². The number of hydrogen-bond acceptors (Lipinski definition) is 3. The van der Waals surface area contributed by atoms with Gasteiger partial charge in [0.1, 0.15) is 13.2 Å². The predicted octanol–water partition coefficient (Wildman–Crippen LogP) is 2.31. The lowest BCUT2D eigenvalue weighted by atomic mass is 10.0. The van der Waals surface area contributed by atoms with Crippen molar-refractivity contribution < 1.29 is 14.3 Å². The van der Waals surface area contributed by atoms with Gasteiger partial charge in [0, 0.05) is 6.54 Å². The Kier molecular flexibility index (Phi) is 3.15. The summed E-state index contributed by atoms with van der Waals surface area (Å²) in [6, 6.07) is 6.07. The van der Waals surface area contributed by atoms with E-state index in [0.717, 1.165) is 36.4 Å². The van der Waals surface area contributed by atoms with Gasteiger partial charge < -0.3 is 14.4 Å². The van der Waals surface area contributed by atoms with Crippen LogP contribution in [0, 0.1) is 0 Å². The molecule has 0 spiro atoms. The molecule has 0 aromatic heterocycles. The first-order valence-corrected chi connectivity index (χ1v) is 6.62. The van der Waals surface area contributed by atoms with E-state index in [-0.39, 0.29) is 11.9 Å². The minimum atomic E-state index is -0.00242. The number of likely N-dealkylation sites (tertiary alicyclic amines) is 1. The second kappa shape index (κ2) is 4.96. The Morgan fingerprint density at radius 2 is 2.11 bits per heavy atom. The topological polar surface area (TPSA) is 38.8 Å². The molecule has 100 valence electrons.